The molecule has 16 heteroatoms. The van der Waals surface area contributed by atoms with E-state index in [0.717, 1.165) is 84.1 Å². The third-order valence-corrected chi connectivity index (χ3v) is 15.6. The summed E-state index contributed by atoms with van der Waals surface area (Å²) < 4.78 is 15.6. The summed E-state index contributed by atoms with van der Waals surface area (Å²) in [6.07, 6.45) is 16.9. The molecule has 8 heterocycles. The minimum absolute atomic E-state index is 0.0360. The normalized spacial score (nSPS) is 18.5. The van der Waals surface area contributed by atoms with Crippen LogP contribution in [-0.2, 0) is 25.9 Å². The molecule has 4 aromatic heterocycles. The number of pyridine rings is 2. The number of amides is 2. The second kappa shape index (κ2) is 22.4. The minimum atomic E-state index is -0.239. The van der Waals surface area contributed by atoms with Crippen LogP contribution in [0.3, 0.4) is 0 Å². The van der Waals surface area contributed by atoms with E-state index in [0.29, 0.717) is 74.4 Å². The lowest BCUT2D eigenvalue weighted by molar-refractivity contribution is 0.0660. The lowest BCUT2D eigenvalue weighted by Crippen LogP contribution is -2.40. The van der Waals surface area contributed by atoms with Gasteiger partial charge in [-0.05, 0) is 165 Å². The van der Waals surface area contributed by atoms with E-state index in [4.69, 9.17) is 22.6 Å². The van der Waals surface area contributed by atoms with Crippen molar-refractivity contribution in [2.75, 3.05) is 53.5 Å². The van der Waals surface area contributed by atoms with E-state index in [2.05, 4.69) is 86.9 Å². The summed E-state index contributed by atoms with van der Waals surface area (Å²) in [4.78, 5) is 61.5. The number of nitrogens with zero attached hydrogens (tertiary/aromatic N) is 12. The number of aromatic nitrogens is 6. The van der Waals surface area contributed by atoms with Crippen molar-refractivity contribution in [3.8, 4) is 11.5 Å². The minimum Gasteiger partial charge on any atom is -0.505 e. The van der Waals surface area contributed by atoms with Crippen molar-refractivity contribution in [1.82, 2.24) is 48.7 Å². The SMILES string of the molecule is [C-]#[N+]c1cnc([C@H](C)N2CCc3c(cc(Cn4ccnc4C)cc3[C@@H]3CCCN3C)C2=O)cc1OCC.[C-]#[N+]c1cnc([C@H](C)N2CCc3c(cc(Cn4ccnc4C)cc3[C@H]3CCCN3C)C2=O)cc1OCC. The van der Waals surface area contributed by atoms with Crippen molar-refractivity contribution in [3.63, 3.8) is 0 Å². The fraction of sp³-hybridized carbons (Fsp3) is 0.448. The summed E-state index contributed by atoms with van der Waals surface area (Å²) in [7, 11) is 4.37. The Hall–Kier alpha value is -7.40. The Morgan fingerprint density at radius 1 is 0.622 bits per heavy atom. The number of hydrogen-bond donors (Lipinski definition) is 0. The second-order valence-electron chi connectivity index (χ2n) is 20.0. The summed E-state index contributed by atoms with van der Waals surface area (Å²) in [5.41, 5.74) is 11.0. The molecule has 4 atom stereocenters. The summed E-state index contributed by atoms with van der Waals surface area (Å²) in [6.45, 7) is 32.3. The monoisotopic (exact) mass is 997 g/mol. The lowest BCUT2D eigenvalue weighted by atomic mass is 9.87. The fourth-order valence-electron chi connectivity index (χ4n) is 11.5. The van der Waals surface area contributed by atoms with Gasteiger partial charge in [0.25, 0.3) is 11.8 Å². The van der Waals surface area contributed by atoms with E-state index in [1.807, 2.05) is 88.3 Å². The van der Waals surface area contributed by atoms with Crippen LogP contribution < -0.4 is 9.47 Å². The highest BCUT2D eigenvalue weighted by molar-refractivity contribution is 5.98. The fourth-order valence-corrected chi connectivity index (χ4v) is 11.5. The quantitative estimate of drug-likeness (QED) is 0.0971. The van der Waals surface area contributed by atoms with Gasteiger partial charge in [0.2, 0.25) is 11.4 Å². The van der Waals surface area contributed by atoms with Crippen LogP contribution in [0, 0.1) is 27.0 Å². The van der Waals surface area contributed by atoms with Crippen molar-refractivity contribution >= 4 is 23.2 Å². The van der Waals surface area contributed by atoms with Gasteiger partial charge in [-0.15, -0.1) is 0 Å². The highest BCUT2D eigenvalue weighted by Crippen LogP contribution is 2.41. The molecule has 74 heavy (non-hydrogen) atoms. The number of fused-ring (bicyclic) bond motifs is 2. The molecule has 0 aliphatic carbocycles. The number of carbonyl (C=O) groups is 2. The van der Waals surface area contributed by atoms with Crippen molar-refractivity contribution in [1.29, 1.82) is 0 Å². The van der Waals surface area contributed by atoms with Crippen LogP contribution in [0.1, 0.15) is 155 Å². The van der Waals surface area contributed by atoms with Gasteiger partial charge in [-0.2, -0.15) is 0 Å². The number of ether oxygens (including phenoxy) is 2. The molecule has 0 spiro atoms. The highest BCUT2D eigenvalue weighted by Gasteiger charge is 2.37. The molecular formula is C58H68N12O4. The van der Waals surface area contributed by atoms with Gasteiger partial charge >= 0.3 is 0 Å². The van der Waals surface area contributed by atoms with Crippen LogP contribution in [0.4, 0.5) is 11.4 Å². The predicted molar refractivity (Wildman–Crippen MR) is 284 cm³/mol. The van der Waals surface area contributed by atoms with Gasteiger partial charge in [0.05, 0.1) is 49.8 Å². The summed E-state index contributed by atoms with van der Waals surface area (Å²) in [5.74, 6) is 3.02. The molecule has 0 radical (unpaired) electrons. The zero-order valence-corrected chi connectivity index (χ0v) is 44.1. The number of likely N-dealkylation sites (tertiary alicyclic amines) is 2. The topological polar surface area (TPSA) is 136 Å². The first-order valence-electron chi connectivity index (χ1n) is 26.1. The molecule has 16 nitrogen and oxygen atoms in total. The molecule has 2 saturated heterocycles. The van der Waals surface area contributed by atoms with Crippen LogP contribution in [0.5, 0.6) is 11.5 Å². The van der Waals surface area contributed by atoms with Gasteiger partial charge in [-0.1, -0.05) is 12.1 Å². The van der Waals surface area contributed by atoms with Gasteiger partial charge in [0.15, 0.2) is 0 Å². The molecular weight excluding hydrogens is 929 g/mol. The molecule has 4 aliphatic rings. The maximum absolute atomic E-state index is 14.0. The van der Waals surface area contributed by atoms with Crippen molar-refractivity contribution in [2.24, 2.45) is 0 Å². The Labute approximate surface area is 435 Å². The summed E-state index contributed by atoms with van der Waals surface area (Å²) >= 11 is 0. The highest BCUT2D eigenvalue weighted by atomic mass is 16.5. The third-order valence-electron chi connectivity index (χ3n) is 15.6. The van der Waals surface area contributed by atoms with E-state index < -0.39 is 0 Å². The lowest BCUT2D eigenvalue weighted by Gasteiger charge is -2.36. The zero-order chi connectivity index (χ0) is 52.2. The molecule has 0 N–H and O–H groups in total. The summed E-state index contributed by atoms with van der Waals surface area (Å²) in [5, 5.41) is 0. The van der Waals surface area contributed by atoms with Crippen molar-refractivity contribution in [2.45, 2.75) is 117 Å². The van der Waals surface area contributed by atoms with Crippen LogP contribution in [0.15, 0.2) is 73.6 Å². The van der Waals surface area contributed by atoms with E-state index >= 15 is 0 Å². The van der Waals surface area contributed by atoms with Crippen LogP contribution >= 0.6 is 0 Å². The molecule has 0 bridgehead atoms. The first kappa shape index (κ1) is 51.5. The first-order valence-corrected chi connectivity index (χ1v) is 26.1. The molecule has 2 amide bonds. The number of benzene rings is 2. The van der Waals surface area contributed by atoms with E-state index in [9.17, 15) is 9.59 Å². The van der Waals surface area contributed by atoms with Gasteiger partial charge in [0.1, 0.15) is 23.1 Å². The van der Waals surface area contributed by atoms with Crippen molar-refractivity contribution in [3.05, 3.63) is 164 Å². The van der Waals surface area contributed by atoms with Crippen LogP contribution in [0.2, 0.25) is 0 Å². The maximum Gasteiger partial charge on any atom is 0.254 e. The zero-order valence-electron chi connectivity index (χ0n) is 44.1. The Balaban J connectivity index is 0.000000182. The van der Waals surface area contributed by atoms with Crippen LogP contribution in [-0.4, -0.2) is 114 Å². The number of hydrogen-bond acceptors (Lipinski definition) is 10. The summed E-state index contributed by atoms with van der Waals surface area (Å²) in [6, 6.07) is 12.6. The molecule has 2 fully saturated rings. The van der Waals surface area contributed by atoms with Gasteiger partial charge in [-0.25, -0.2) is 19.7 Å². The second-order valence-corrected chi connectivity index (χ2v) is 20.0. The van der Waals surface area contributed by atoms with Crippen LogP contribution in [0.25, 0.3) is 9.69 Å². The van der Waals surface area contributed by atoms with E-state index in [1.54, 1.807) is 12.4 Å². The van der Waals surface area contributed by atoms with Gasteiger partial charge in [-0.3, -0.25) is 29.4 Å². The molecule has 2 aromatic carbocycles. The predicted octanol–water partition coefficient (Wildman–Crippen LogP) is 10.2. The average Bonchev–Trinajstić information content (AvgIpc) is 4.23. The molecule has 384 valence electrons. The molecule has 10 rings (SSSR count). The van der Waals surface area contributed by atoms with E-state index in [-0.39, 0.29) is 23.9 Å². The molecule has 6 aromatic rings. The Bertz CT molecular complexity index is 2920. The molecule has 4 aliphatic heterocycles. The average molecular weight is 997 g/mol. The molecule has 0 unspecified atom stereocenters. The van der Waals surface area contributed by atoms with E-state index in [1.165, 1.54) is 35.1 Å². The smallest absolute Gasteiger partial charge is 0.254 e. The Morgan fingerprint density at radius 2 is 1.04 bits per heavy atom. The standard InChI is InChI=1S/2C29H34N6O2/c2*1-6-37-28-16-25(32-17-26(28)30-4)19(2)35-12-9-22-23(27-8-7-11-33(27)5)14-21(15-24(22)29(35)36)18-34-13-10-31-20(34)3/h2*10,13-17,19,27H,6-9,11-12,18H2,1-3,5H3/t19-,27+;19-,27-/m00/s1. The number of carbonyl (C=O) groups excluding carboxylic acids is 2. The first-order chi connectivity index (χ1) is 35.8. The maximum atomic E-state index is 14.0. The third kappa shape index (κ3) is 10.4. The largest absolute Gasteiger partial charge is 0.505 e. The van der Waals surface area contributed by atoms with Crippen molar-refractivity contribution < 1.29 is 19.1 Å². The number of aryl methyl sites for hydroxylation is 2. The number of imidazole rings is 2. The number of rotatable bonds is 14. The Morgan fingerprint density at radius 3 is 1.38 bits per heavy atom. The molecule has 0 saturated carbocycles. The Kier molecular flexibility index (Phi) is 15.6. The van der Waals surface area contributed by atoms with Gasteiger partial charge in [0, 0.05) is 86.6 Å². The van der Waals surface area contributed by atoms with Gasteiger partial charge < -0.3 is 28.4 Å².